The van der Waals surface area contributed by atoms with Crippen molar-refractivity contribution in [1.82, 2.24) is 23.9 Å². The summed E-state index contributed by atoms with van der Waals surface area (Å²) in [7, 11) is 1.78. The van der Waals surface area contributed by atoms with Crippen molar-refractivity contribution in [1.29, 1.82) is 0 Å². The van der Waals surface area contributed by atoms with Crippen molar-refractivity contribution >= 4 is 11.2 Å². The number of aromatic nitrogens is 5. The number of aryl methyl sites for hydroxylation is 1. The summed E-state index contributed by atoms with van der Waals surface area (Å²) in [6, 6.07) is 13.9. The third-order valence-electron chi connectivity index (χ3n) is 4.52. The highest BCUT2D eigenvalue weighted by Crippen LogP contribution is 2.24. The van der Waals surface area contributed by atoms with Gasteiger partial charge in [0, 0.05) is 31.5 Å². The number of imidazole rings is 1. The molecule has 0 amide bonds. The lowest BCUT2D eigenvalue weighted by atomic mass is 9.97. The van der Waals surface area contributed by atoms with Crippen LogP contribution in [0.25, 0.3) is 28.1 Å². The third-order valence-corrected chi connectivity index (χ3v) is 4.52. The van der Waals surface area contributed by atoms with Crippen molar-refractivity contribution in [3.63, 3.8) is 0 Å². The van der Waals surface area contributed by atoms with Crippen LogP contribution in [0.15, 0.2) is 59.7 Å². The van der Waals surface area contributed by atoms with Gasteiger partial charge in [0.1, 0.15) is 0 Å². The Hall–Kier alpha value is -3.15. The predicted octanol–water partition coefficient (Wildman–Crippen LogP) is 3.63. The molecule has 0 bridgehead atoms. The van der Waals surface area contributed by atoms with Crippen molar-refractivity contribution in [3.8, 4) is 16.9 Å². The zero-order chi connectivity index (χ0) is 19.2. The molecular weight excluding hydrogens is 338 g/mol. The molecule has 0 fully saturated rings. The molecule has 0 saturated carbocycles. The molecule has 138 valence electrons. The Morgan fingerprint density at radius 3 is 2.59 bits per heavy atom. The van der Waals surface area contributed by atoms with Gasteiger partial charge in [0.25, 0.3) is 0 Å². The van der Waals surface area contributed by atoms with Crippen LogP contribution in [0.2, 0.25) is 0 Å². The van der Waals surface area contributed by atoms with Gasteiger partial charge in [-0.3, -0.25) is 9.13 Å². The molecule has 3 heterocycles. The van der Waals surface area contributed by atoms with E-state index in [1.807, 2.05) is 57.9 Å². The summed E-state index contributed by atoms with van der Waals surface area (Å²) < 4.78 is 5.26. The van der Waals surface area contributed by atoms with E-state index in [2.05, 4.69) is 25.9 Å². The van der Waals surface area contributed by atoms with Gasteiger partial charge in [0.15, 0.2) is 5.65 Å². The van der Waals surface area contributed by atoms with Gasteiger partial charge in [-0.15, -0.1) is 0 Å². The zero-order valence-corrected chi connectivity index (χ0v) is 16.0. The van der Waals surface area contributed by atoms with E-state index in [9.17, 15) is 4.79 Å². The summed E-state index contributed by atoms with van der Waals surface area (Å²) in [6.45, 7) is 7.03. The van der Waals surface area contributed by atoms with Crippen LogP contribution in [0.4, 0.5) is 0 Å². The van der Waals surface area contributed by atoms with Crippen LogP contribution < -0.4 is 5.69 Å². The molecule has 0 aliphatic carbocycles. The first-order valence-corrected chi connectivity index (χ1v) is 9.00. The molecule has 6 heteroatoms. The molecule has 1 aromatic carbocycles. The second kappa shape index (κ2) is 6.23. The fourth-order valence-electron chi connectivity index (χ4n) is 3.29. The van der Waals surface area contributed by atoms with Crippen LogP contribution in [-0.2, 0) is 13.6 Å². The number of benzene rings is 1. The summed E-state index contributed by atoms with van der Waals surface area (Å²) in [5.41, 5.74) is 4.33. The minimum absolute atomic E-state index is 0.00881. The summed E-state index contributed by atoms with van der Waals surface area (Å²) in [6.07, 6.45) is 3.66. The quantitative estimate of drug-likeness (QED) is 0.560. The fraction of sp³-hybridized carbons (Fsp3) is 0.286. The maximum absolute atomic E-state index is 12.7. The Kier molecular flexibility index (Phi) is 3.98. The first-order valence-electron chi connectivity index (χ1n) is 9.00. The molecule has 0 aliphatic heterocycles. The zero-order valence-electron chi connectivity index (χ0n) is 16.0. The summed E-state index contributed by atoms with van der Waals surface area (Å²) in [5, 5.41) is 4.28. The summed E-state index contributed by atoms with van der Waals surface area (Å²) >= 11 is 0. The molecular formula is C21H23N5O. The highest BCUT2D eigenvalue weighted by atomic mass is 16.1. The average molecular weight is 361 g/mol. The van der Waals surface area contributed by atoms with Gasteiger partial charge in [0.05, 0.1) is 16.9 Å². The Balaban J connectivity index is 1.82. The first kappa shape index (κ1) is 17.3. The van der Waals surface area contributed by atoms with Gasteiger partial charge in [-0.1, -0.05) is 32.9 Å². The van der Waals surface area contributed by atoms with Crippen molar-refractivity contribution in [2.24, 2.45) is 12.5 Å². The molecule has 0 aliphatic rings. The fourth-order valence-corrected chi connectivity index (χ4v) is 3.29. The number of pyridine rings is 1. The van der Waals surface area contributed by atoms with Crippen LogP contribution in [0.3, 0.4) is 0 Å². The molecule has 0 spiro atoms. The second-order valence-electron chi connectivity index (χ2n) is 8.03. The van der Waals surface area contributed by atoms with Gasteiger partial charge in [0.2, 0.25) is 0 Å². The lowest BCUT2D eigenvalue weighted by molar-refractivity contribution is 0.342. The third kappa shape index (κ3) is 3.18. The van der Waals surface area contributed by atoms with Crippen molar-refractivity contribution in [2.75, 3.05) is 0 Å². The first-order chi connectivity index (χ1) is 12.8. The van der Waals surface area contributed by atoms with Gasteiger partial charge >= 0.3 is 5.69 Å². The van der Waals surface area contributed by atoms with Gasteiger partial charge < -0.3 is 0 Å². The lowest BCUT2D eigenvalue weighted by Gasteiger charge is -2.18. The average Bonchev–Trinajstić information content (AvgIpc) is 3.25. The standard InChI is InChI=1S/C21H23N5O/c1-21(2,3)14-25-18-10-9-17(23-19(18)24(4)20(25)27)15-7-5-8-16(13-15)26-12-6-11-22-26/h5-13H,14H2,1-4H3. The lowest BCUT2D eigenvalue weighted by Crippen LogP contribution is -2.27. The largest absolute Gasteiger partial charge is 0.330 e. The van der Waals surface area contributed by atoms with Crippen LogP contribution in [0.5, 0.6) is 0 Å². The smallest absolute Gasteiger partial charge is 0.290 e. The monoisotopic (exact) mass is 361 g/mol. The Bertz CT molecular complexity index is 1160. The molecule has 4 rings (SSSR count). The van der Waals surface area contributed by atoms with E-state index in [0.29, 0.717) is 12.2 Å². The summed E-state index contributed by atoms with van der Waals surface area (Å²) in [4.78, 5) is 17.5. The number of hydrogen-bond donors (Lipinski definition) is 0. The SMILES string of the molecule is Cn1c(=O)n(CC(C)(C)C)c2ccc(-c3cccc(-n4cccn4)c3)nc21. The minimum atomic E-state index is -0.0325. The molecule has 0 radical (unpaired) electrons. The molecule has 0 unspecified atom stereocenters. The number of nitrogens with zero attached hydrogens (tertiary/aromatic N) is 5. The second-order valence-corrected chi connectivity index (χ2v) is 8.03. The summed E-state index contributed by atoms with van der Waals surface area (Å²) in [5.74, 6) is 0. The van der Waals surface area contributed by atoms with Crippen LogP contribution >= 0.6 is 0 Å². The number of fused-ring (bicyclic) bond motifs is 1. The number of rotatable bonds is 3. The van der Waals surface area contributed by atoms with E-state index < -0.39 is 0 Å². The van der Waals surface area contributed by atoms with Crippen LogP contribution in [0.1, 0.15) is 20.8 Å². The molecule has 6 nitrogen and oxygen atoms in total. The van der Waals surface area contributed by atoms with E-state index >= 15 is 0 Å². The highest BCUT2D eigenvalue weighted by Gasteiger charge is 2.18. The Morgan fingerprint density at radius 2 is 1.89 bits per heavy atom. The molecule has 27 heavy (non-hydrogen) atoms. The van der Waals surface area contributed by atoms with E-state index in [1.54, 1.807) is 17.8 Å². The maximum Gasteiger partial charge on any atom is 0.330 e. The van der Waals surface area contributed by atoms with Gasteiger partial charge in [-0.25, -0.2) is 14.5 Å². The number of hydrogen-bond acceptors (Lipinski definition) is 3. The van der Waals surface area contributed by atoms with E-state index in [1.165, 1.54) is 0 Å². The van der Waals surface area contributed by atoms with E-state index in [0.717, 1.165) is 22.5 Å². The Morgan fingerprint density at radius 1 is 1.07 bits per heavy atom. The van der Waals surface area contributed by atoms with Crippen molar-refractivity contribution < 1.29 is 0 Å². The van der Waals surface area contributed by atoms with Gasteiger partial charge in [-0.05, 0) is 35.7 Å². The van der Waals surface area contributed by atoms with Crippen LogP contribution in [-0.4, -0.2) is 23.9 Å². The maximum atomic E-state index is 12.7. The minimum Gasteiger partial charge on any atom is -0.290 e. The highest BCUT2D eigenvalue weighted by molar-refractivity contribution is 5.76. The van der Waals surface area contributed by atoms with Crippen LogP contribution in [0, 0.1) is 5.41 Å². The van der Waals surface area contributed by atoms with Crippen molar-refractivity contribution in [3.05, 3.63) is 65.3 Å². The normalized spacial score (nSPS) is 12.0. The van der Waals surface area contributed by atoms with Crippen molar-refractivity contribution in [2.45, 2.75) is 27.3 Å². The molecule has 3 aromatic heterocycles. The molecule has 0 saturated heterocycles. The van der Waals surface area contributed by atoms with E-state index in [-0.39, 0.29) is 11.1 Å². The molecule has 4 aromatic rings. The van der Waals surface area contributed by atoms with Gasteiger partial charge in [-0.2, -0.15) is 5.10 Å². The van der Waals surface area contributed by atoms with E-state index in [4.69, 9.17) is 4.98 Å². The topological polar surface area (TPSA) is 57.6 Å². The molecule has 0 atom stereocenters. The Labute approximate surface area is 157 Å². The molecule has 0 N–H and O–H groups in total. The predicted molar refractivity (Wildman–Crippen MR) is 107 cm³/mol.